The van der Waals surface area contributed by atoms with Crippen LogP contribution in [0.25, 0.3) is 0 Å². The maximum Gasteiger partial charge on any atom is 0.232 e. The molecule has 1 aliphatic heterocycles. The van der Waals surface area contributed by atoms with Gasteiger partial charge in [0.05, 0.1) is 12.2 Å². The van der Waals surface area contributed by atoms with Crippen LogP contribution in [-0.2, 0) is 21.8 Å². The van der Waals surface area contributed by atoms with Gasteiger partial charge in [0.15, 0.2) is 0 Å². The van der Waals surface area contributed by atoms with Gasteiger partial charge in [-0.25, -0.2) is 0 Å². The molecule has 0 atom stereocenters. The highest BCUT2D eigenvalue weighted by Crippen LogP contribution is 2.24. The number of hydrogen-bond donors (Lipinski definition) is 0. The summed E-state index contributed by atoms with van der Waals surface area (Å²) in [6.07, 6.45) is 1.99. The summed E-state index contributed by atoms with van der Waals surface area (Å²) in [5.74, 6) is 1.19. The van der Waals surface area contributed by atoms with Crippen molar-refractivity contribution in [2.24, 2.45) is 0 Å². The minimum Gasteiger partial charge on any atom is -0.339 e. The Morgan fingerprint density at radius 1 is 1.00 bits per heavy atom. The van der Waals surface area contributed by atoms with Crippen molar-refractivity contribution >= 4 is 46.8 Å². The number of aromatic nitrogens is 1. The molecule has 3 rings (SSSR count). The Bertz CT molecular complexity index is 827. The zero-order valence-electron chi connectivity index (χ0n) is 15.3. The van der Waals surface area contributed by atoms with E-state index >= 15 is 0 Å². The molecule has 0 saturated carbocycles. The molecule has 0 spiro atoms. The smallest absolute Gasteiger partial charge is 0.232 e. The largest absolute Gasteiger partial charge is 0.339 e. The van der Waals surface area contributed by atoms with Gasteiger partial charge in [-0.05, 0) is 29.8 Å². The van der Waals surface area contributed by atoms with Gasteiger partial charge in [0.25, 0.3) is 0 Å². The molecule has 148 valence electrons. The second-order valence-corrected chi connectivity index (χ2v) is 8.32. The fourth-order valence-electron chi connectivity index (χ4n) is 2.95. The summed E-state index contributed by atoms with van der Waals surface area (Å²) in [5.41, 5.74) is 1.73. The molecule has 1 fully saturated rings. The summed E-state index contributed by atoms with van der Waals surface area (Å²) in [6.45, 7) is 2.25. The average Bonchev–Trinajstić information content (AvgIpc) is 2.70. The first-order valence-corrected chi connectivity index (χ1v) is 10.9. The predicted octanol–water partition coefficient (Wildman–Crippen LogP) is 3.54. The number of carbonyl (C=O) groups is 2. The van der Waals surface area contributed by atoms with Crippen molar-refractivity contribution in [3.63, 3.8) is 0 Å². The molecular weight excluding hydrogens is 417 g/mol. The van der Waals surface area contributed by atoms with E-state index in [1.807, 2.05) is 29.2 Å². The number of rotatable bonds is 6. The van der Waals surface area contributed by atoms with Crippen LogP contribution in [0.1, 0.15) is 11.3 Å². The first-order valence-electron chi connectivity index (χ1n) is 9.00. The lowest BCUT2D eigenvalue weighted by Gasteiger charge is -2.34. The van der Waals surface area contributed by atoms with E-state index in [4.69, 9.17) is 23.2 Å². The van der Waals surface area contributed by atoms with Gasteiger partial charge in [-0.15, -0.1) is 11.8 Å². The Labute approximate surface area is 179 Å². The Kier molecular flexibility index (Phi) is 7.59. The van der Waals surface area contributed by atoms with Gasteiger partial charge in [-0.3, -0.25) is 14.6 Å². The minimum atomic E-state index is 0.0533. The molecule has 0 unspecified atom stereocenters. The van der Waals surface area contributed by atoms with Gasteiger partial charge in [-0.1, -0.05) is 35.3 Å². The van der Waals surface area contributed by atoms with Crippen molar-refractivity contribution in [2.75, 3.05) is 31.9 Å². The molecule has 2 heterocycles. The lowest BCUT2D eigenvalue weighted by atomic mass is 10.2. The number of pyridine rings is 1. The molecule has 0 N–H and O–H groups in total. The summed E-state index contributed by atoms with van der Waals surface area (Å²) < 4.78 is 0. The summed E-state index contributed by atoms with van der Waals surface area (Å²) in [7, 11) is 0. The monoisotopic (exact) mass is 437 g/mol. The number of hydrogen-bond acceptors (Lipinski definition) is 4. The number of halogens is 2. The number of carbonyl (C=O) groups excluding carboxylic acids is 2. The third-order valence-corrected chi connectivity index (χ3v) is 6.09. The fraction of sp³-hybridized carbons (Fsp3) is 0.350. The highest BCUT2D eigenvalue weighted by Gasteiger charge is 2.24. The lowest BCUT2D eigenvalue weighted by Crippen LogP contribution is -2.51. The molecule has 2 aromatic rings. The lowest BCUT2D eigenvalue weighted by molar-refractivity contribution is -0.137. The Balaban J connectivity index is 1.40. The van der Waals surface area contributed by atoms with Gasteiger partial charge >= 0.3 is 0 Å². The van der Waals surface area contributed by atoms with Gasteiger partial charge < -0.3 is 9.80 Å². The highest BCUT2D eigenvalue weighted by molar-refractivity contribution is 7.99. The van der Waals surface area contributed by atoms with E-state index in [0.29, 0.717) is 54.2 Å². The zero-order valence-corrected chi connectivity index (χ0v) is 17.6. The van der Waals surface area contributed by atoms with E-state index in [-0.39, 0.29) is 11.8 Å². The Morgan fingerprint density at radius 3 is 2.36 bits per heavy atom. The van der Waals surface area contributed by atoms with Crippen LogP contribution in [0.2, 0.25) is 10.0 Å². The molecule has 8 heteroatoms. The molecule has 0 bridgehead atoms. The molecule has 5 nitrogen and oxygen atoms in total. The molecular formula is C20H21Cl2N3O2S. The second-order valence-electron chi connectivity index (χ2n) is 6.49. The van der Waals surface area contributed by atoms with Crippen LogP contribution < -0.4 is 0 Å². The highest BCUT2D eigenvalue weighted by atomic mass is 35.5. The van der Waals surface area contributed by atoms with E-state index in [2.05, 4.69) is 4.98 Å². The summed E-state index contributed by atoms with van der Waals surface area (Å²) in [5, 5.41) is 1.22. The normalized spacial score (nSPS) is 14.2. The molecule has 1 aromatic carbocycles. The first kappa shape index (κ1) is 21.0. The number of thioether (sulfide) groups is 1. The summed E-state index contributed by atoms with van der Waals surface area (Å²) in [6, 6.07) is 10.9. The summed E-state index contributed by atoms with van der Waals surface area (Å²) >= 11 is 13.6. The van der Waals surface area contributed by atoms with E-state index < -0.39 is 0 Å². The van der Waals surface area contributed by atoms with E-state index in [0.717, 1.165) is 11.3 Å². The van der Waals surface area contributed by atoms with Gasteiger partial charge in [-0.2, -0.15) is 0 Å². The molecule has 0 aliphatic carbocycles. The van der Waals surface area contributed by atoms with E-state index in [1.54, 1.807) is 23.2 Å². The van der Waals surface area contributed by atoms with Crippen LogP contribution in [0, 0.1) is 0 Å². The van der Waals surface area contributed by atoms with Crippen LogP contribution in [0.3, 0.4) is 0 Å². The third kappa shape index (κ3) is 5.87. The fourth-order valence-corrected chi connectivity index (χ4v) is 4.44. The predicted molar refractivity (Wildman–Crippen MR) is 114 cm³/mol. The van der Waals surface area contributed by atoms with Crippen molar-refractivity contribution < 1.29 is 9.59 Å². The number of benzene rings is 1. The Hall–Kier alpha value is -1.76. The van der Waals surface area contributed by atoms with Crippen LogP contribution in [0.4, 0.5) is 0 Å². The number of amides is 2. The number of nitrogens with zero attached hydrogens (tertiary/aromatic N) is 3. The van der Waals surface area contributed by atoms with E-state index in [9.17, 15) is 9.59 Å². The quantitative estimate of drug-likeness (QED) is 0.693. The van der Waals surface area contributed by atoms with Crippen LogP contribution in [0.5, 0.6) is 0 Å². The standard InChI is InChI=1S/C20H21Cl2N3O2S/c21-16-5-4-15(18(22)11-16)13-28-14-20(27)25-9-7-24(8-10-25)19(26)12-17-3-1-2-6-23-17/h1-6,11H,7-10,12-14H2. The maximum atomic E-state index is 12.4. The molecule has 28 heavy (non-hydrogen) atoms. The van der Waals surface area contributed by atoms with Crippen molar-refractivity contribution in [3.8, 4) is 0 Å². The molecule has 1 aliphatic rings. The topological polar surface area (TPSA) is 53.5 Å². The zero-order chi connectivity index (χ0) is 19.9. The van der Waals surface area contributed by atoms with Gasteiger partial charge in [0.1, 0.15) is 0 Å². The summed E-state index contributed by atoms with van der Waals surface area (Å²) in [4.78, 5) is 32.6. The molecule has 0 radical (unpaired) electrons. The maximum absolute atomic E-state index is 12.4. The van der Waals surface area contributed by atoms with Crippen molar-refractivity contribution in [2.45, 2.75) is 12.2 Å². The third-order valence-electron chi connectivity index (χ3n) is 4.54. The molecule has 1 aromatic heterocycles. The van der Waals surface area contributed by atoms with Gasteiger partial charge in [0, 0.05) is 53.9 Å². The van der Waals surface area contributed by atoms with Gasteiger partial charge in [0.2, 0.25) is 11.8 Å². The van der Waals surface area contributed by atoms with Crippen LogP contribution >= 0.6 is 35.0 Å². The second kappa shape index (κ2) is 10.1. The van der Waals surface area contributed by atoms with Crippen LogP contribution in [-0.4, -0.2) is 58.5 Å². The Morgan fingerprint density at radius 2 is 1.71 bits per heavy atom. The first-order chi connectivity index (χ1) is 13.5. The SMILES string of the molecule is O=C(CSCc1ccc(Cl)cc1Cl)N1CCN(C(=O)Cc2ccccn2)CC1. The van der Waals surface area contributed by atoms with Crippen molar-refractivity contribution in [1.82, 2.24) is 14.8 Å². The van der Waals surface area contributed by atoms with E-state index in [1.165, 1.54) is 11.8 Å². The van der Waals surface area contributed by atoms with Crippen molar-refractivity contribution in [1.29, 1.82) is 0 Å². The van der Waals surface area contributed by atoms with Crippen molar-refractivity contribution in [3.05, 3.63) is 63.9 Å². The number of piperazine rings is 1. The minimum absolute atomic E-state index is 0.0533. The average molecular weight is 438 g/mol. The molecule has 1 saturated heterocycles. The van der Waals surface area contributed by atoms with Crippen LogP contribution in [0.15, 0.2) is 42.6 Å². The molecule has 2 amide bonds.